The Balaban J connectivity index is 2.06. The maximum atomic E-state index is 11.8. The Kier molecular flexibility index (Phi) is 3.17. The predicted molar refractivity (Wildman–Crippen MR) is 59.9 cm³/mol. The summed E-state index contributed by atoms with van der Waals surface area (Å²) < 4.78 is 0. The first-order chi connectivity index (χ1) is 8.18. The molecule has 2 amide bonds. The lowest BCUT2D eigenvalue weighted by atomic mass is 10.1. The van der Waals surface area contributed by atoms with Crippen LogP contribution in [0.2, 0.25) is 0 Å². The summed E-state index contributed by atoms with van der Waals surface area (Å²) in [6, 6.07) is -0.516. The summed E-state index contributed by atoms with van der Waals surface area (Å²) in [6.45, 7) is 0.651. The van der Waals surface area contributed by atoms with Gasteiger partial charge in [-0.15, -0.1) is 0 Å². The van der Waals surface area contributed by atoms with E-state index in [1.807, 2.05) is 0 Å². The number of amides is 2. The van der Waals surface area contributed by atoms with Gasteiger partial charge in [0, 0.05) is 18.9 Å². The molecule has 1 atom stereocenters. The molecule has 0 radical (unpaired) electrons. The van der Waals surface area contributed by atoms with E-state index in [0.29, 0.717) is 13.0 Å². The van der Waals surface area contributed by atoms with Gasteiger partial charge in [0.2, 0.25) is 5.91 Å². The van der Waals surface area contributed by atoms with Gasteiger partial charge in [-0.3, -0.25) is 9.59 Å². The molecule has 1 fully saturated rings. The van der Waals surface area contributed by atoms with Crippen LogP contribution in [0.4, 0.5) is 5.82 Å². The first-order valence-electron chi connectivity index (χ1n) is 5.33. The molecule has 4 N–H and O–H groups in total. The average molecular weight is 235 g/mol. The van der Waals surface area contributed by atoms with E-state index in [1.54, 1.807) is 0 Å². The van der Waals surface area contributed by atoms with E-state index in [2.05, 4.69) is 20.6 Å². The van der Waals surface area contributed by atoms with Crippen LogP contribution in [-0.4, -0.2) is 34.4 Å². The number of nitrogens with zero attached hydrogens (tertiary/aromatic N) is 2. The number of hydrogen-bond donors (Lipinski definition) is 3. The Hall–Kier alpha value is -2.18. The van der Waals surface area contributed by atoms with Crippen molar-refractivity contribution in [3.63, 3.8) is 0 Å². The lowest BCUT2D eigenvalue weighted by molar-refractivity contribution is -0.124. The fourth-order valence-corrected chi connectivity index (χ4v) is 1.66. The van der Waals surface area contributed by atoms with Gasteiger partial charge in [-0.1, -0.05) is 0 Å². The molecule has 1 saturated heterocycles. The van der Waals surface area contributed by atoms with Crippen LogP contribution in [0.25, 0.3) is 0 Å². The largest absolute Gasteiger partial charge is 0.382 e. The van der Waals surface area contributed by atoms with Crippen LogP contribution in [-0.2, 0) is 4.79 Å². The fourth-order valence-electron chi connectivity index (χ4n) is 1.66. The molecule has 1 aromatic rings. The normalized spacial score (nSPS) is 19.5. The van der Waals surface area contributed by atoms with Crippen molar-refractivity contribution in [2.24, 2.45) is 0 Å². The van der Waals surface area contributed by atoms with Gasteiger partial charge in [0.15, 0.2) is 11.5 Å². The van der Waals surface area contributed by atoms with Crippen LogP contribution in [0.15, 0.2) is 12.4 Å². The van der Waals surface area contributed by atoms with E-state index in [4.69, 9.17) is 5.73 Å². The van der Waals surface area contributed by atoms with Gasteiger partial charge in [0.1, 0.15) is 6.04 Å². The quantitative estimate of drug-likeness (QED) is 0.613. The minimum Gasteiger partial charge on any atom is -0.382 e. The lowest BCUT2D eigenvalue weighted by Gasteiger charge is -2.22. The van der Waals surface area contributed by atoms with Crippen molar-refractivity contribution in [1.82, 2.24) is 20.6 Å². The van der Waals surface area contributed by atoms with E-state index in [1.165, 1.54) is 12.4 Å². The van der Waals surface area contributed by atoms with Crippen molar-refractivity contribution in [1.29, 1.82) is 0 Å². The predicted octanol–water partition coefficient (Wildman–Crippen LogP) is -0.933. The Labute approximate surface area is 97.8 Å². The topological polar surface area (TPSA) is 110 Å². The highest BCUT2D eigenvalue weighted by molar-refractivity contribution is 5.99. The summed E-state index contributed by atoms with van der Waals surface area (Å²) in [5.74, 6) is -0.592. The third kappa shape index (κ3) is 2.49. The molecule has 0 saturated carbocycles. The molecule has 17 heavy (non-hydrogen) atoms. The Bertz CT molecular complexity index is 448. The maximum absolute atomic E-state index is 11.8. The highest BCUT2D eigenvalue weighted by Crippen LogP contribution is 2.07. The monoisotopic (exact) mass is 235 g/mol. The van der Waals surface area contributed by atoms with Gasteiger partial charge in [0.25, 0.3) is 5.91 Å². The van der Waals surface area contributed by atoms with Gasteiger partial charge >= 0.3 is 0 Å². The third-order valence-corrected chi connectivity index (χ3v) is 2.53. The summed E-state index contributed by atoms with van der Waals surface area (Å²) in [7, 11) is 0. The van der Waals surface area contributed by atoms with E-state index >= 15 is 0 Å². The number of rotatable bonds is 2. The van der Waals surface area contributed by atoms with E-state index in [-0.39, 0.29) is 17.4 Å². The lowest BCUT2D eigenvalue weighted by Crippen LogP contribution is -2.50. The van der Waals surface area contributed by atoms with Crippen LogP contribution in [0.5, 0.6) is 0 Å². The molecule has 2 heterocycles. The second-order valence-electron chi connectivity index (χ2n) is 3.75. The van der Waals surface area contributed by atoms with Crippen LogP contribution in [0.3, 0.4) is 0 Å². The van der Waals surface area contributed by atoms with Gasteiger partial charge in [-0.25, -0.2) is 9.97 Å². The van der Waals surface area contributed by atoms with E-state index in [9.17, 15) is 9.59 Å². The van der Waals surface area contributed by atoms with E-state index < -0.39 is 11.9 Å². The highest BCUT2D eigenvalue weighted by Gasteiger charge is 2.25. The Morgan fingerprint density at radius 2 is 2.24 bits per heavy atom. The van der Waals surface area contributed by atoms with Gasteiger partial charge in [0.05, 0.1) is 0 Å². The number of nitrogens with two attached hydrogens (primary N) is 1. The third-order valence-electron chi connectivity index (χ3n) is 2.53. The highest BCUT2D eigenvalue weighted by atomic mass is 16.2. The summed E-state index contributed by atoms with van der Waals surface area (Å²) in [4.78, 5) is 30.9. The van der Waals surface area contributed by atoms with Crippen molar-refractivity contribution in [2.75, 3.05) is 12.3 Å². The Morgan fingerprint density at radius 1 is 1.47 bits per heavy atom. The van der Waals surface area contributed by atoms with Gasteiger partial charge in [-0.2, -0.15) is 0 Å². The first kappa shape index (κ1) is 11.3. The smallest absolute Gasteiger partial charge is 0.274 e. The molecule has 2 rings (SSSR count). The van der Waals surface area contributed by atoms with Gasteiger partial charge < -0.3 is 16.4 Å². The SMILES string of the molecule is Nc1nccnc1C(=O)NC1CCCNC1=O. The standard InChI is InChI=1S/C10H13N5O2/c11-8-7(12-4-5-13-8)10(17)15-6-2-1-3-14-9(6)16/h4-6H,1-3H2,(H2,11,13)(H,14,16)(H,15,17). The van der Waals surface area contributed by atoms with Crippen LogP contribution < -0.4 is 16.4 Å². The van der Waals surface area contributed by atoms with Crippen molar-refractivity contribution in [2.45, 2.75) is 18.9 Å². The fraction of sp³-hybridized carbons (Fsp3) is 0.400. The number of nitrogen functional groups attached to an aromatic ring is 1. The summed E-state index contributed by atoms with van der Waals surface area (Å²) in [6.07, 6.45) is 4.25. The zero-order chi connectivity index (χ0) is 12.3. The molecule has 1 aliphatic heterocycles. The minimum atomic E-state index is -0.516. The minimum absolute atomic E-state index is 0.0471. The zero-order valence-corrected chi connectivity index (χ0v) is 9.14. The van der Waals surface area contributed by atoms with E-state index in [0.717, 1.165) is 6.42 Å². The molecule has 1 unspecified atom stereocenters. The molecular formula is C10H13N5O2. The summed E-state index contributed by atoms with van der Waals surface area (Å²) in [5, 5.41) is 5.27. The molecule has 0 aliphatic carbocycles. The van der Waals surface area contributed by atoms with Crippen molar-refractivity contribution in [3.8, 4) is 0 Å². The van der Waals surface area contributed by atoms with Crippen molar-refractivity contribution < 1.29 is 9.59 Å². The molecule has 1 aliphatic rings. The number of carbonyl (C=O) groups excluding carboxylic acids is 2. The average Bonchev–Trinajstić information content (AvgIpc) is 2.32. The number of carbonyl (C=O) groups is 2. The molecule has 0 spiro atoms. The molecule has 1 aromatic heterocycles. The summed E-state index contributed by atoms with van der Waals surface area (Å²) >= 11 is 0. The number of piperidine rings is 1. The van der Waals surface area contributed by atoms with Crippen LogP contribution in [0.1, 0.15) is 23.3 Å². The molecule has 7 nitrogen and oxygen atoms in total. The second-order valence-corrected chi connectivity index (χ2v) is 3.75. The zero-order valence-electron chi connectivity index (χ0n) is 9.14. The maximum Gasteiger partial charge on any atom is 0.274 e. The first-order valence-corrected chi connectivity index (χ1v) is 5.33. The van der Waals surface area contributed by atoms with Crippen molar-refractivity contribution >= 4 is 17.6 Å². The second kappa shape index (κ2) is 4.77. The molecule has 0 aromatic carbocycles. The Morgan fingerprint density at radius 3 is 2.94 bits per heavy atom. The van der Waals surface area contributed by atoms with Crippen LogP contribution in [0, 0.1) is 0 Å². The summed E-state index contributed by atoms with van der Waals surface area (Å²) in [5.41, 5.74) is 5.57. The molecule has 7 heteroatoms. The van der Waals surface area contributed by atoms with Crippen LogP contribution >= 0.6 is 0 Å². The number of hydrogen-bond acceptors (Lipinski definition) is 5. The molecule has 90 valence electrons. The number of nitrogens with one attached hydrogen (secondary N) is 2. The van der Waals surface area contributed by atoms with Crippen molar-refractivity contribution in [3.05, 3.63) is 18.1 Å². The number of anilines is 1. The molecular weight excluding hydrogens is 222 g/mol. The number of aromatic nitrogens is 2. The molecule has 0 bridgehead atoms. The van der Waals surface area contributed by atoms with Gasteiger partial charge in [-0.05, 0) is 12.8 Å².